The van der Waals surface area contributed by atoms with Crippen molar-refractivity contribution in [2.45, 2.75) is 115 Å². The third-order valence-corrected chi connectivity index (χ3v) is 8.33. The Bertz CT molecular complexity index is 1140. The van der Waals surface area contributed by atoms with Crippen LogP contribution in [0.4, 0.5) is 11.4 Å². The lowest BCUT2D eigenvalue weighted by atomic mass is 9.81. The Morgan fingerprint density at radius 3 is 1.48 bits per heavy atom. The van der Waals surface area contributed by atoms with Crippen LogP contribution in [0.25, 0.3) is 0 Å². The second kappa shape index (κ2) is 13.8. The van der Waals surface area contributed by atoms with Crippen molar-refractivity contribution < 1.29 is 38.7 Å². The van der Waals surface area contributed by atoms with Crippen LogP contribution < -0.4 is 11.5 Å². The Labute approximate surface area is 246 Å². The predicted molar refractivity (Wildman–Crippen MR) is 155 cm³/mol. The lowest BCUT2D eigenvalue weighted by Gasteiger charge is -2.46. The minimum atomic E-state index is -1.19. The molecule has 12 nitrogen and oxygen atoms in total. The molecule has 2 aromatic heterocycles. The van der Waals surface area contributed by atoms with Crippen LogP contribution in [-0.4, -0.2) is 67.7 Å². The van der Waals surface area contributed by atoms with Crippen molar-refractivity contribution in [1.29, 1.82) is 0 Å². The van der Waals surface area contributed by atoms with E-state index in [1.54, 1.807) is 50.8 Å². The molecule has 0 radical (unpaired) electrons. The first-order chi connectivity index (χ1) is 19.8. The predicted octanol–water partition coefficient (Wildman–Crippen LogP) is 3.17. The number of carbonyl (C=O) groups excluding carboxylic acids is 2. The maximum Gasteiger partial charge on any atom is 0.303 e. The van der Waals surface area contributed by atoms with E-state index in [2.05, 4.69) is 9.97 Å². The van der Waals surface area contributed by atoms with E-state index in [1.165, 1.54) is 13.8 Å². The van der Waals surface area contributed by atoms with E-state index < -0.39 is 47.6 Å². The molecule has 2 aliphatic heterocycles. The van der Waals surface area contributed by atoms with E-state index in [1.807, 2.05) is 13.8 Å². The zero-order valence-electron chi connectivity index (χ0n) is 25.1. The van der Waals surface area contributed by atoms with Crippen LogP contribution in [0.5, 0.6) is 0 Å². The third-order valence-electron chi connectivity index (χ3n) is 8.33. The number of pyridine rings is 2. The van der Waals surface area contributed by atoms with Crippen LogP contribution in [0.1, 0.15) is 90.6 Å². The van der Waals surface area contributed by atoms with Gasteiger partial charge in [-0.2, -0.15) is 0 Å². The monoisotopic (exact) mass is 588 g/mol. The summed E-state index contributed by atoms with van der Waals surface area (Å²) in [6.07, 6.45) is 5.13. The summed E-state index contributed by atoms with van der Waals surface area (Å²) in [7, 11) is 0. The molecule has 0 bridgehead atoms. The van der Waals surface area contributed by atoms with Crippen molar-refractivity contribution >= 4 is 23.3 Å². The van der Waals surface area contributed by atoms with Gasteiger partial charge in [0.1, 0.15) is 23.4 Å². The molecule has 0 amide bonds. The number of ether oxygens (including phenoxy) is 4. The number of rotatable bonds is 6. The molecule has 6 N–H and O–H groups in total. The highest BCUT2D eigenvalue weighted by Crippen LogP contribution is 2.42. The van der Waals surface area contributed by atoms with Gasteiger partial charge in [0.15, 0.2) is 0 Å². The number of nitrogens with two attached hydrogens (primary N) is 2. The molecule has 0 aromatic carbocycles. The second-order valence-corrected chi connectivity index (χ2v) is 10.9. The molecule has 42 heavy (non-hydrogen) atoms. The molecule has 8 atom stereocenters. The molecule has 0 spiro atoms. The molecule has 2 saturated heterocycles. The van der Waals surface area contributed by atoms with Crippen LogP contribution >= 0.6 is 0 Å². The first-order valence-electron chi connectivity index (χ1n) is 14.3. The van der Waals surface area contributed by atoms with Crippen LogP contribution in [0.15, 0.2) is 36.9 Å². The standard InChI is InChI=1S/2C15H22N2O4/c2*1-4-15(19)9(2)20-13(7-14(15)21-10(3)18)11-5-6-17-8-12(11)16/h2*5-6,8-9,13-14,19H,4,7,16H2,1-3H3/t2*9-,13-,14-,15-/m10/s1. The maximum absolute atomic E-state index is 11.3. The Morgan fingerprint density at radius 2 is 1.19 bits per heavy atom. The smallest absolute Gasteiger partial charge is 0.303 e. The van der Waals surface area contributed by atoms with Gasteiger partial charge in [0.05, 0.1) is 48.2 Å². The normalized spacial score (nSPS) is 32.7. The minimum Gasteiger partial charge on any atom is -0.459 e. The van der Waals surface area contributed by atoms with Crippen molar-refractivity contribution in [3.05, 3.63) is 48.0 Å². The minimum absolute atomic E-state index is 0.334. The highest BCUT2D eigenvalue weighted by atomic mass is 16.6. The number of carbonyl (C=O) groups is 2. The van der Waals surface area contributed by atoms with Crippen molar-refractivity contribution in [2.75, 3.05) is 11.5 Å². The Kier molecular flexibility index (Phi) is 10.9. The van der Waals surface area contributed by atoms with Gasteiger partial charge in [-0.15, -0.1) is 0 Å². The van der Waals surface area contributed by atoms with E-state index in [9.17, 15) is 19.8 Å². The topological polar surface area (TPSA) is 189 Å². The number of aromatic nitrogens is 2. The van der Waals surface area contributed by atoms with Gasteiger partial charge in [-0.25, -0.2) is 0 Å². The summed E-state index contributed by atoms with van der Waals surface area (Å²) in [4.78, 5) is 30.6. The van der Waals surface area contributed by atoms with Gasteiger partial charge in [0.25, 0.3) is 0 Å². The fourth-order valence-electron chi connectivity index (χ4n) is 5.71. The Balaban J connectivity index is 0.000000230. The fraction of sp³-hybridized carbons (Fsp3) is 0.600. The molecule has 4 rings (SSSR count). The number of nitrogens with zero attached hydrogens (tertiary/aromatic N) is 2. The molecule has 2 aromatic rings. The van der Waals surface area contributed by atoms with Gasteiger partial charge in [-0.1, -0.05) is 13.8 Å². The summed E-state index contributed by atoms with van der Waals surface area (Å²) in [5.41, 5.74) is 12.1. The highest BCUT2D eigenvalue weighted by Gasteiger charge is 2.50. The molecule has 0 aliphatic carbocycles. The average molecular weight is 589 g/mol. The molecule has 2 fully saturated rings. The summed E-state index contributed by atoms with van der Waals surface area (Å²) < 4.78 is 22.5. The van der Waals surface area contributed by atoms with Gasteiger partial charge >= 0.3 is 11.9 Å². The quantitative estimate of drug-likeness (QED) is 0.361. The Morgan fingerprint density at radius 1 is 0.833 bits per heavy atom. The van der Waals surface area contributed by atoms with Gasteiger partial charge in [0, 0.05) is 50.2 Å². The van der Waals surface area contributed by atoms with Crippen LogP contribution in [0.2, 0.25) is 0 Å². The van der Waals surface area contributed by atoms with Crippen LogP contribution in [-0.2, 0) is 28.5 Å². The zero-order chi connectivity index (χ0) is 31.2. The number of hydrogen-bond acceptors (Lipinski definition) is 12. The number of anilines is 2. The van der Waals surface area contributed by atoms with Gasteiger partial charge in [-0.05, 0) is 38.8 Å². The molecule has 0 unspecified atom stereocenters. The number of esters is 2. The molecule has 4 heterocycles. The molecular weight excluding hydrogens is 544 g/mol. The highest BCUT2D eigenvalue weighted by molar-refractivity contribution is 5.66. The van der Waals surface area contributed by atoms with Crippen molar-refractivity contribution in [3.63, 3.8) is 0 Å². The number of hydrogen-bond donors (Lipinski definition) is 4. The molecule has 2 aliphatic rings. The molecule has 232 valence electrons. The van der Waals surface area contributed by atoms with Crippen molar-refractivity contribution in [3.8, 4) is 0 Å². The second-order valence-electron chi connectivity index (χ2n) is 10.9. The Hall–Kier alpha value is -3.32. The summed E-state index contributed by atoms with van der Waals surface area (Å²) >= 11 is 0. The van der Waals surface area contributed by atoms with Crippen molar-refractivity contribution in [1.82, 2.24) is 9.97 Å². The third kappa shape index (κ3) is 7.17. The zero-order valence-corrected chi connectivity index (χ0v) is 25.1. The van der Waals surface area contributed by atoms with Crippen LogP contribution in [0.3, 0.4) is 0 Å². The van der Waals surface area contributed by atoms with Gasteiger partial charge < -0.3 is 40.6 Å². The molecule has 0 saturated carbocycles. The van der Waals surface area contributed by atoms with E-state index in [4.69, 9.17) is 30.4 Å². The van der Waals surface area contributed by atoms with Crippen molar-refractivity contribution in [2.24, 2.45) is 0 Å². The van der Waals surface area contributed by atoms with E-state index in [0.717, 1.165) is 11.1 Å². The number of nitrogen functional groups attached to an aromatic ring is 2. The summed E-state index contributed by atoms with van der Waals surface area (Å²) in [6.45, 7) is 9.93. The lowest BCUT2D eigenvalue weighted by Crippen LogP contribution is -2.57. The molecular formula is C30H44N4O8. The largest absolute Gasteiger partial charge is 0.459 e. The SMILES string of the molecule is CC[C@@]1(O)[C@@H](C)O[C@@H](c2ccncc2N)C[C@H]1OC(C)=O.CC[C@]1(O)[C@H](C)O[C@H](c2ccncc2N)C[C@@H]1OC(C)=O. The number of aliphatic hydroxyl groups is 2. The summed E-state index contributed by atoms with van der Waals surface area (Å²) in [6, 6.07) is 3.57. The van der Waals surface area contributed by atoms with Gasteiger partial charge in [-0.3, -0.25) is 19.6 Å². The lowest BCUT2D eigenvalue weighted by molar-refractivity contribution is -0.234. The molecule has 12 heteroatoms. The van der Waals surface area contributed by atoms with Crippen LogP contribution in [0, 0.1) is 0 Å². The van der Waals surface area contributed by atoms with Gasteiger partial charge in [0.2, 0.25) is 0 Å². The average Bonchev–Trinajstić information content (AvgIpc) is 2.94. The van der Waals surface area contributed by atoms with E-state index >= 15 is 0 Å². The summed E-state index contributed by atoms with van der Waals surface area (Å²) in [5.74, 6) is -0.829. The maximum atomic E-state index is 11.3. The van der Waals surface area contributed by atoms with E-state index in [-0.39, 0.29) is 12.2 Å². The van der Waals surface area contributed by atoms with E-state index in [0.29, 0.717) is 37.1 Å². The summed E-state index contributed by atoms with van der Waals surface area (Å²) in [5, 5.41) is 21.5. The first kappa shape index (κ1) is 33.2. The fourth-order valence-corrected chi connectivity index (χ4v) is 5.71. The first-order valence-corrected chi connectivity index (χ1v) is 14.3.